The van der Waals surface area contributed by atoms with Crippen LogP contribution in [0.2, 0.25) is 0 Å². The summed E-state index contributed by atoms with van der Waals surface area (Å²) in [5.74, 6) is 0. The zero-order valence-corrected chi connectivity index (χ0v) is 17.4. The molecular weight excluding hydrogens is 408 g/mol. The molecule has 1 heterocycles. The summed E-state index contributed by atoms with van der Waals surface area (Å²) in [5, 5.41) is 0.596. The molecule has 0 aliphatic carbocycles. The molecule has 2 rings (SSSR count). The zero-order valence-electron chi connectivity index (χ0n) is 15.0. The van der Waals surface area contributed by atoms with Crippen LogP contribution in [0.5, 0.6) is 0 Å². The van der Waals surface area contributed by atoms with Crippen molar-refractivity contribution in [1.29, 1.82) is 0 Å². The minimum Gasteiger partial charge on any atom is -0.444 e. The minimum atomic E-state index is -3.58. The maximum atomic E-state index is 12.9. The molecule has 1 amide bonds. The Labute approximate surface area is 158 Å². The van der Waals surface area contributed by atoms with Crippen LogP contribution in [-0.4, -0.2) is 55.0 Å². The van der Waals surface area contributed by atoms with Gasteiger partial charge in [0.05, 0.1) is 4.90 Å². The summed E-state index contributed by atoms with van der Waals surface area (Å²) in [7, 11) is -3.58. The summed E-state index contributed by atoms with van der Waals surface area (Å²) in [6, 6.07) is 6.64. The molecule has 1 fully saturated rings. The average Bonchev–Trinajstić information content (AvgIpc) is 2.53. The van der Waals surface area contributed by atoms with Crippen molar-refractivity contribution < 1.29 is 17.9 Å². The lowest BCUT2D eigenvalue weighted by molar-refractivity contribution is 0.00859. The van der Waals surface area contributed by atoms with Crippen molar-refractivity contribution in [3.05, 3.63) is 29.8 Å². The van der Waals surface area contributed by atoms with Crippen LogP contribution in [-0.2, 0) is 20.1 Å². The number of rotatable bonds is 3. The van der Waals surface area contributed by atoms with E-state index in [-0.39, 0.29) is 24.0 Å². The quantitative estimate of drug-likeness (QED) is 0.687. The van der Waals surface area contributed by atoms with Gasteiger partial charge in [0.1, 0.15) is 5.60 Å². The highest BCUT2D eigenvalue weighted by Crippen LogP contribution is 2.23. The average molecular weight is 433 g/mol. The molecule has 0 bridgehead atoms. The molecule has 25 heavy (non-hydrogen) atoms. The van der Waals surface area contributed by atoms with Crippen molar-refractivity contribution in [2.24, 2.45) is 0 Å². The Morgan fingerprint density at radius 3 is 2.56 bits per heavy atom. The molecule has 1 aliphatic heterocycles. The molecular formula is C17H25BrN2O4S. The van der Waals surface area contributed by atoms with E-state index < -0.39 is 21.7 Å². The summed E-state index contributed by atoms with van der Waals surface area (Å²) < 4.78 is 32.6. The third-order valence-electron chi connectivity index (χ3n) is 3.91. The number of carbonyl (C=O) groups is 1. The number of amides is 1. The van der Waals surface area contributed by atoms with Gasteiger partial charge in [-0.1, -0.05) is 28.1 Å². The van der Waals surface area contributed by atoms with E-state index in [1.807, 2.05) is 33.8 Å². The second kappa shape index (κ2) is 7.63. The van der Waals surface area contributed by atoms with Crippen LogP contribution in [0.1, 0.15) is 33.3 Å². The van der Waals surface area contributed by atoms with E-state index in [0.717, 1.165) is 5.56 Å². The second-order valence-corrected chi connectivity index (χ2v) is 9.67. The van der Waals surface area contributed by atoms with E-state index in [4.69, 9.17) is 4.74 Å². The molecule has 140 valence electrons. The highest BCUT2D eigenvalue weighted by molar-refractivity contribution is 9.08. The maximum absolute atomic E-state index is 12.9. The lowest BCUT2D eigenvalue weighted by atomic mass is 10.2. The molecule has 1 aliphatic rings. The number of nitrogens with zero attached hydrogens (tertiary/aromatic N) is 2. The topological polar surface area (TPSA) is 66.9 Å². The van der Waals surface area contributed by atoms with Crippen LogP contribution >= 0.6 is 15.9 Å². The molecule has 8 heteroatoms. The molecule has 0 N–H and O–H groups in total. The van der Waals surface area contributed by atoms with E-state index in [2.05, 4.69) is 15.9 Å². The predicted molar refractivity (Wildman–Crippen MR) is 100 cm³/mol. The van der Waals surface area contributed by atoms with Crippen LogP contribution in [0.25, 0.3) is 0 Å². The van der Waals surface area contributed by atoms with Gasteiger partial charge in [-0.2, -0.15) is 4.31 Å². The van der Waals surface area contributed by atoms with Crippen LogP contribution in [0.15, 0.2) is 29.2 Å². The first-order valence-electron chi connectivity index (χ1n) is 8.19. The standard InChI is InChI=1S/C17H25BrN2O4S/c1-13-12-19(8-9-20(13)16(21)24-17(2,3)4)25(22,23)15-7-5-6-14(10-15)11-18/h5-7,10,13H,8-9,11-12H2,1-4H3/t13-/m0/s1. The fourth-order valence-corrected chi connectivity index (χ4v) is 4.60. The number of hydrogen-bond donors (Lipinski definition) is 0. The summed E-state index contributed by atoms with van der Waals surface area (Å²) in [4.78, 5) is 14.1. The maximum Gasteiger partial charge on any atom is 0.410 e. The molecule has 0 aromatic heterocycles. The number of benzene rings is 1. The largest absolute Gasteiger partial charge is 0.444 e. The van der Waals surface area contributed by atoms with Crippen molar-refractivity contribution in [3.63, 3.8) is 0 Å². The first-order chi connectivity index (χ1) is 11.5. The predicted octanol–water partition coefficient (Wildman–Crippen LogP) is 3.21. The number of sulfonamides is 1. The molecule has 1 aromatic carbocycles. The lowest BCUT2D eigenvalue weighted by Crippen LogP contribution is -2.56. The summed E-state index contributed by atoms with van der Waals surface area (Å²) in [6.07, 6.45) is -0.404. The van der Waals surface area contributed by atoms with Crippen molar-refractivity contribution in [2.45, 2.75) is 49.6 Å². The van der Waals surface area contributed by atoms with Gasteiger partial charge in [-0.05, 0) is 45.4 Å². The molecule has 1 atom stereocenters. The molecule has 0 unspecified atom stereocenters. The lowest BCUT2D eigenvalue weighted by Gasteiger charge is -2.39. The Hall–Kier alpha value is -1.12. The van der Waals surface area contributed by atoms with Crippen molar-refractivity contribution in [1.82, 2.24) is 9.21 Å². The van der Waals surface area contributed by atoms with Gasteiger partial charge in [-0.25, -0.2) is 13.2 Å². The smallest absolute Gasteiger partial charge is 0.410 e. The van der Waals surface area contributed by atoms with Crippen LogP contribution < -0.4 is 0 Å². The number of alkyl halides is 1. The van der Waals surface area contributed by atoms with Crippen molar-refractivity contribution in [2.75, 3.05) is 19.6 Å². The fourth-order valence-electron chi connectivity index (χ4n) is 2.67. The summed E-state index contributed by atoms with van der Waals surface area (Å²) >= 11 is 3.35. The highest BCUT2D eigenvalue weighted by atomic mass is 79.9. The molecule has 1 aromatic rings. The Morgan fingerprint density at radius 2 is 2.00 bits per heavy atom. The number of carbonyl (C=O) groups excluding carboxylic acids is 1. The van der Waals surface area contributed by atoms with Gasteiger partial charge in [0, 0.05) is 31.0 Å². The Balaban J connectivity index is 2.12. The van der Waals surface area contributed by atoms with Crippen LogP contribution in [0.4, 0.5) is 4.79 Å². The fraction of sp³-hybridized carbons (Fsp3) is 0.588. The number of halogens is 1. The van der Waals surface area contributed by atoms with E-state index >= 15 is 0 Å². The van der Waals surface area contributed by atoms with E-state index in [1.165, 1.54) is 4.31 Å². The normalized spacial score (nSPS) is 19.7. The van der Waals surface area contributed by atoms with Crippen LogP contribution in [0.3, 0.4) is 0 Å². The summed E-state index contributed by atoms with van der Waals surface area (Å²) in [5.41, 5.74) is 0.331. The Morgan fingerprint density at radius 1 is 1.32 bits per heavy atom. The van der Waals surface area contributed by atoms with Gasteiger partial charge in [-0.15, -0.1) is 0 Å². The SMILES string of the molecule is C[C@H]1CN(S(=O)(=O)c2cccc(CBr)c2)CCN1C(=O)OC(C)(C)C. The number of piperazine rings is 1. The van der Waals surface area contributed by atoms with Gasteiger partial charge in [-0.3, -0.25) is 0 Å². The van der Waals surface area contributed by atoms with Gasteiger partial charge >= 0.3 is 6.09 Å². The van der Waals surface area contributed by atoms with E-state index in [9.17, 15) is 13.2 Å². The van der Waals surface area contributed by atoms with E-state index in [1.54, 1.807) is 23.1 Å². The molecule has 0 spiro atoms. The van der Waals surface area contributed by atoms with Gasteiger partial charge in [0.2, 0.25) is 10.0 Å². The zero-order chi connectivity index (χ0) is 18.8. The Bertz CT molecular complexity index is 730. The van der Waals surface area contributed by atoms with Crippen molar-refractivity contribution in [3.8, 4) is 0 Å². The monoisotopic (exact) mass is 432 g/mol. The molecule has 6 nitrogen and oxygen atoms in total. The van der Waals surface area contributed by atoms with Crippen molar-refractivity contribution >= 4 is 32.0 Å². The van der Waals surface area contributed by atoms with Gasteiger partial charge < -0.3 is 9.64 Å². The third-order valence-corrected chi connectivity index (χ3v) is 6.42. The molecule has 1 saturated heterocycles. The first-order valence-corrected chi connectivity index (χ1v) is 10.8. The number of hydrogen-bond acceptors (Lipinski definition) is 4. The third kappa shape index (κ3) is 4.95. The van der Waals surface area contributed by atoms with E-state index in [0.29, 0.717) is 11.9 Å². The van der Waals surface area contributed by atoms with Crippen LogP contribution in [0, 0.1) is 0 Å². The highest BCUT2D eigenvalue weighted by Gasteiger charge is 2.36. The number of ether oxygens (including phenoxy) is 1. The first kappa shape index (κ1) is 20.2. The summed E-state index contributed by atoms with van der Waals surface area (Å²) in [6.45, 7) is 8.09. The van der Waals surface area contributed by atoms with Gasteiger partial charge in [0.25, 0.3) is 0 Å². The van der Waals surface area contributed by atoms with Gasteiger partial charge in [0.15, 0.2) is 0 Å². The minimum absolute atomic E-state index is 0.250. The molecule has 0 saturated carbocycles. The molecule has 0 radical (unpaired) electrons. The Kier molecular flexibility index (Phi) is 6.17. The second-order valence-electron chi connectivity index (χ2n) is 7.17.